The molecule has 0 heterocycles. The van der Waals surface area contributed by atoms with Gasteiger partial charge in [-0.2, -0.15) is 0 Å². The highest BCUT2D eigenvalue weighted by Gasteiger charge is 2.28. The molecule has 1 saturated carbocycles. The summed E-state index contributed by atoms with van der Waals surface area (Å²) in [6, 6.07) is 0.211. The van der Waals surface area contributed by atoms with Gasteiger partial charge < -0.3 is 10.4 Å². The summed E-state index contributed by atoms with van der Waals surface area (Å²) in [5.41, 5.74) is 0.272. The quantitative estimate of drug-likeness (QED) is 0.705. The summed E-state index contributed by atoms with van der Waals surface area (Å²) >= 11 is 0. The summed E-state index contributed by atoms with van der Waals surface area (Å²) in [4.78, 5) is 0. The molecule has 0 spiro atoms. The smallest absolute Gasteiger partial charge is 0.0662 e. The van der Waals surface area contributed by atoms with E-state index in [4.69, 9.17) is 0 Å². The molecule has 1 fully saturated rings. The van der Waals surface area contributed by atoms with Gasteiger partial charge in [-0.25, -0.2) is 0 Å². The van der Waals surface area contributed by atoms with E-state index >= 15 is 0 Å². The maximum atomic E-state index is 9.40. The third-order valence-corrected chi connectivity index (χ3v) is 3.26. The number of hydrogen-bond acceptors (Lipinski definition) is 2. The zero-order valence-electron chi connectivity index (χ0n) is 9.14. The van der Waals surface area contributed by atoms with Gasteiger partial charge in [0.2, 0.25) is 0 Å². The molecule has 2 unspecified atom stereocenters. The Morgan fingerprint density at radius 3 is 2.15 bits per heavy atom. The maximum Gasteiger partial charge on any atom is 0.0662 e. The number of aliphatic hydroxyl groups excluding tert-OH is 1. The van der Waals surface area contributed by atoms with Crippen LogP contribution >= 0.6 is 0 Å². The second-order valence-corrected chi connectivity index (χ2v) is 4.79. The first-order chi connectivity index (χ1) is 6.03. The van der Waals surface area contributed by atoms with Gasteiger partial charge in [0.1, 0.15) is 0 Å². The molecule has 2 heteroatoms. The molecule has 13 heavy (non-hydrogen) atoms. The molecule has 2 atom stereocenters. The van der Waals surface area contributed by atoms with Crippen LogP contribution in [0, 0.1) is 0 Å². The van der Waals surface area contributed by atoms with E-state index in [0.29, 0.717) is 0 Å². The Morgan fingerprint density at radius 1 is 1.15 bits per heavy atom. The van der Waals surface area contributed by atoms with Crippen LogP contribution < -0.4 is 5.32 Å². The predicted octanol–water partition coefficient (Wildman–Crippen LogP) is 2.07. The van der Waals surface area contributed by atoms with Crippen LogP contribution in [-0.4, -0.2) is 22.8 Å². The number of rotatable bonds is 3. The van der Waals surface area contributed by atoms with Crippen molar-refractivity contribution in [3.05, 3.63) is 0 Å². The van der Waals surface area contributed by atoms with Crippen LogP contribution in [-0.2, 0) is 0 Å². The highest BCUT2D eigenvalue weighted by atomic mass is 16.3. The molecular weight excluding hydrogens is 162 g/mol. The van der Waals surface area contributed by atoms with Crippen molar-refractivity contribution in [2.45, 2.75) is 70.6 Å². The minimum absolute atomic E-state index is 0.211. The average molecular weight is 185 g/mol. The lowest BCUT2D eigenvalue weighted by molar-refractivity contribution is 0.118. The molecule has 2 N–H and O–H groups in total. The largest absolute Gasteiger partial charge is 0.392 e. The van der Waals surface area contributed by atoms with Gasteiger partial charge in [0.15, 0.2) is 0 Å². The van der Waals surface area contributed by atoms with E-state index in [-0.39, 0.29) is 17.7 Å². The van der Waals surface area contributed by atoms with Gasteiger partial charge in [-0.15, -0.1) is 0 Å². The Balaban J connectivity index is 2.40. The molecule has 0 aliphatic heterocycles. The standard InChI is InChI=1S/C11H23NO/c1-9(10(2)13)12-11(3)7-5-4-6-8-11/h9-10,12-13H,4-8H2,1-3H3. The summed E-state index contributed by atoms with van der Waals surface area (Å²) < 4.78 is 0. The predicted molar refractivity (Wildman–Crippen MR) is 55.8 cm³/mol. The molecule has 0 amide bonds. The van der Waals surface area contributed by atoms with Gasteiger partial charge in [0.25, 0.3) is 0 Å². The fourth-order valence-corrected chi connectivity index (χ4v) is 2.15. The summed E-state index contributed by atoms with van der Waals surface area (Å²) in [6.45, 7) is 6.19. The van der Waals surface area contributed by atoms with Gasteiger partial charge in [-0.3, -0.25) is 0 Å². The second kappa shape index (κ2) is 4.43. The Morgan fingerprint density at radius 2 is 1.69 bits per heavy atom. The number of aliphatic hydroxyl groups is 1. The lowest BCUT2D eigenvalue weighted by atomic mass is 9.82. The summed E-state index contributed by atoms with van der Waals surface area (Å²) in [7, 11) is 0. The van der Waals surface area contributed by atoms with Gasteiger partial charge in [-0.05, 0) is 33.6 Å². The van der Waals surface area contributed by atoms with Gasteiger partial charge in [-0.1, -0.05) is 19.3 Å². The molecule has 1 aliphatic rings. The van der Waals surface area contributed by atoms with Crippen LogP contribution in [0.5, 0.6) is 0 Å². The number of nitrogens with one attached hydrogen (secondary N) is 1. The molecule has 1 rings (SSSR count). The first-order valence-electron chi connectivity index (χ1n) is 5.49. The van der Waals surface area contributed by atoms with E-state index in [0.717, 1.165) is 0 Å². The van der Waals surface area contributed by atoms with Crippen molar-refractivity contribution in [3.63, 3.8) is 0 Å². The molecule has 0 aromatic heterocycles. The van der Waals surface area contributed by atoms with Crippen molar-refractivity contribution in [2.75, 3.05) is 0 Å². The molecular formula is C11H23NO. The minimum Gasteiger partial charge on any atom is -0.392 e. The highest BCUT2D eigenvalue weighted by molar-refractivity contribution is 4.89. The molecule has 0 saturated heterocycles. The van der Waals surface area contributed by atoms with Crippen LogP contribution in [0.2, 0.25) is 0 Å². The van der Waals surface area contributed by atoms with E-state index in [2.05, 4.69) is 19.2 Å². The maximum absolute atomic E-state index is 9.40. The van der Waals surface area contributed by atoms with Gasteiger partial charge in [0, 0.05) is 11.6 Å². The summed E-state index contributed by atoms with van der Waals surface area (Å²) in [6.07, 6.45) is 6.29. The Labute approximate surface area is 81.7 Å². The van der Waals surface area contributed by atoms with E-state index in [9.17, 15) is 5.11 Å². The fraction of sp³-hybridized carbons (Fsp3) is 1.00. The van der Waals surface area contributed by atoms with Crippen LogP contribution in [0.1, 0.15) is 52.9 Å². The van der Waals surface area contributed by atoms with E-state index in [1.807, 2.05) is 6.92 Å². The third-order valence-electron chi connectivity index (χ3n) is 3.26. The van der Waals surface area contributed by atoms with Crippen LogP contribution in [0.15, 0.2) is 0 Å². The molecule has 0 bridgehead atoms. The first-order valence-corrected chi connectivity index (χ1v) is 5.49. The van der Waals surface area contributed by atoms with Gasteiger partial charge >= 0.3 is 0 Å². The lowest BCUT2D eigenvalue weighted by Crippen LogP contribution is -2.51. The van der Waals surface area contributed by atoms with Crippen LogP contribution in [0.4, 0.5) is 0 Å². The minimum atomic E-state index is -0.251. The monoisotopic (exact) mass is 185 g/mol. The molecule has 0 aromatic carbocycles. The number of hydrogen-bond donors (Lipinski definition) is 2. The van der Waals surface area contributed by atoms with Gasteiger partial charge in [0.05, 0.1) is 6.10 Å². The van der Waals surface area contributed by atoms with E-state index < -0.39 is 0 Å². The van der Waals surface area contributed by atoms with Crippen LogP contribution in [0.25, 0.3) is 0 Å². The SMILES string of the molecule is CC(O)C(C)NC1(C)CCCCC1. The third kappa shape index (κ3) is 3.28. The van der Waals surface area contributed by atoms with Crippen molar-refractivity contribution in [1.29, 1.82) is 0 Å². The fourth-order valence-electron chi connectivity index (χ4n) is 2.15. The zero-order valence-corrected chi connectivity index (χ0v) is 9.14. The molecule has 0 aromatic rings. The second-order valence-electron chi connectivity index (χ2n) is 4.79. The van der Waals surface area contributed by atoms with Crippen molar-refractivity contribution in [3.8, 4) is 0 Å². The Hall–Kier alpha value is -0.0800. The topological polar surface area (TPSA) is 32.3 Å². The van der Waals surface area contributed by atoms with Crippen molar-refractivity contribution in [2.24, 2.45) is 0 Å². The van der Waals surface area contributed by atoms with Crippen LogP contribution in [0.3, 0.4) is 0 Å². The van der Waals surface area contributed by atoms with Crippen molar-refractivity contribution in [1.82, 2.24) is 5.32 Å². The normalized spacial score (nSPS) is 26.8. The van der Waals surface area contributed by atoms with Crippen molar-refractivity contribution < 1.29 is 5.11 Å². The Kier molecular flexibility index (Phi) is 3.74. The molecule has 2 nitrogen and oxygen atoms in total. The molecule has 1 aliphatic carbocycles. The Bertz CT molecular complexity index is 150. The first kappa shape index (κ1) is 11.0. The highest BCUT2D eigenvalue weighted by Crippen LogP contribution is 2.28. The summed E-state index contributed by atoms with van der Waals surface area (Å²) in [5.74, 6) is 0. The van der Waals surface area contributed by atoms with Crippen molar-refractivity contribution >= 4 is 0 Å². The zero-order chi connectivity index (χ0) is 9.90. The lowest BCUT2D eigenvalue weighted by Gasteiger charge is -2.38. The molecule has 78 valence electrons. The van der Waals surface area contributed by atoms with E-state index in [1.165, 1.54) is 32.1 Å². The average Bonchev–Trinajstić information content (AvgIpc) is 2.04. The van der Waals surface area contributed by atoms with E-state index in [1.54, 1.807) is 0 Å². The summed E-state index contributed by atoms with van der Waals surface area (Å²) in [5, 5.41) is 12.9. The molecule has 0 radical (unpaired) electrons.